The summed E-state index contributed by atoms with van der Waals surface area (Å²) in [6.45, 7) is 5.29. The minimum Gasteiger partial charge on any atom is -0.508 e. The molecule has 1 N–H and O–H groups in total. The average Bonchev–Trinajstić information content (AvgIpc) is 3.63. The summed E-state index contributed by atoms with van der Waals surface area (Å²) in [7, 11) is 1.26. The van der Waals surface area contributed by atoms with Crippen LogP contribution in [0.4, 0.5) is 17.1 Å². The van der Waals surface area contributed by atoms with Crippen molar-refractivity contribution in [2.24, 2.45) is 0 Å². The molecule has 3 heterocycles. The Kier molecular flexibility index (Phi) is 9.39. The molecule has 0 saturated carbocycles. The van der Waals surface area contributed by atoms with Crippen molar-refractivity contribution < 1.29 is 33.9 Å². The third kappa shape index (κ3) is 6.03. The van der Waals surface area contributed by atoms with E-state index in [0.717, 1.165) is 27.9 Å². The van der Waals surface area contributed by atoms with Crippen LogP contribution < -0.4 is 9.80 Å². The van der Waals surface area contributed by atoms with Crippen LogP contribution >= 0.6 is 0 Å². The highest BCUT2D eigenvalue weighted by Gasteiger charge is 2.42. The molecule has 0 saturated heterocycles. The number of para-hydroxylation sites is 2. The molecule has 11 nitrogen and oxygen atoms in total. The molecule has 0 spiro atoms. The number of aryl methyl sites for hydroxylation is 3. The quantitative estimate of drug-likeness (QED) is 0.160. The molecule has 252 valence electrons. The molecule has 3 aliphatic heterocycles. The van der Waals surface area contributed by atoms with Crippen LogP contribution in [0, 0.1) is 30.9 Å². The van der Waals surface area contributed by atoms with Gasteiger partial charge in [0.1, 0.15) is 23.4 Å². The summed E-state index contributed by atoms with van der Waals surface area (Å²) < 4.78 is 4.84. The number of nitro benzene ring substituents is 1. The lowest BCUT2D eigenvalue weighted by Gasteiger charge is -2.24. The van der Waals surface area contributed by atoms with E-state index in [1.54, 1.807) is 49.9 Å². The number of benzene rings is 4. The van der Waals surface area contributed by atoms with E-state index in [0.29, 0.717) is 35.2 Å². The van der Waals surface area contributed by atoms with Gasteiger partial charge in [0.15, 0.2) is 5.78 Å². The van der Waals surface area contributed by atoms with E-state index in [1.807, 2.05) is 36.4 Å². The van der Waals surface area contributed by atoms with E-state index in [4.69, 9.17) is 4.74 Å². The second-order valence-electron chi connectivity index (χ2n) is 12.2. The van der Waals surface area contributed by atoms with Crippen LogP contribution in [0.15, 0.2) is 72.8 Å². The molecule has 11 heteroatoms. The van der Waals surface area contributed by atoms with Crippen LogP contribution in [-0.4, -0.2) is 52.8 Å². The Labute approximate surface area is 283 Å². The van der Waals surface area contributed by atoms with Gasteiger partial charge < -0.3 is 9.84 Å². The number of esters is 1. The van der Waals surface area contributed by atoms with Crippen LogP contribution in [-0.2, 0) is 33.6 Å². The van der Waals surface area contributed by atoms with Crippen LogP contribution in [0.1, 0.15) is 61.5 Å². The number of nitrogens with zero attached hydrogens (tertiary/aromatic N) is 3. The van der Waals surface area contributed by atoms with Gasteiger partial charge in [0.2, 0.25) is 0 Å². The Bertz CT molecular complexity index is 2040. The Hall–Kier alpha value is -5.84. The Morgan fingerprint density at radius 1 is 0.857 bits per heavy atom. The molecule has 7 rings (SSSR count). The molecule has 0 bridgehead atoms. The van der Waals surface area contributed by atoms with E-state index >= 15 is 0 Å². The van der Waals surface area contributed by atoms with Crippen molar-refractivity contribution in [2.75, 3.05) is 16.9 Å². The number of nitro groups is 1. The number of methoxy groups -OCH3 is 1. The van der Waals surface area contributed by atoms with Crippen LogP contribution in [0.2, 0.25) is 0 Å². The molecule has 4 aromatic rings. The molecule has 0 aromatic heterocycles. The second kappa shape index (κ2) is 13.3. The number of fused-ring (bicyclic) bond motifs is 5. The van der Waals surface area contributed by atoms with Crippen molar-refractivity contribution in [3.63, 3.8) is 0 Å². The monoisotopic (exact) mass is 663 g/mol. The summed E-state index contributed by atoms with van der Waals surface area (Å²) in [6.07, 6.45) is 1.07. The molecule has 3 aliphatic rings. The fourth-order valence-corrected chi connectivity index (χ4v) is 6.63. The number of ketones is 1. The maximum Gasteiger partial charge on any atom is 0.329 e. The lowest BCUT2D eigenvalue weighted by Crippen LogP contribution is -2.43. The summed E-state index contributed by atoms with van der Waals surface area (Å²) in [4.78, 5) is 64.9. The number of rotatable bonds is 3. The van der Waals surface area contributed by atoms with Gasteiger partial charge in [-0.25, -0.2) is 4.79 Å². The molecule has 2 amide bonds. The van der Waals surface area contributed by atoms with Crippen molar-refractivity contribution in [3.8, 4) is 5.75 Å². The lowest BCUT2D eigenvalue weighted by molar-refractivity contribution is -0.385. The number of aromatic hydroxyl groups is 1. The van der Waals surface area contributed by atoms with Gasteiger partial charge >= 0.3 is 5.97 Å². The maximum absolute atomic E-state index is 13.2. The molecule has 0 fully saturated rings. The molecule has 0 unspecified atom stereocenters. The first-order chi connectivity index (χ1) is 22.9. The highest BCUT2D eigenvalue weighted by molar-refractivity contribution is 6.15. The summed E-state index contributed by atoms with van der Waals surface area (Å²) in [6, 6.07) is 19.6. The topological polar surface area (TPSA) is 147 Å². The Morgan fingerprint density at radius 2 is 1.47 bits per heavy atom. The number of amides is 2. The van der Waals surface area contributed by atoms with Crippen molar-refractivity contribution in [2.45, 2.75) is 59.5 Å². The van der Waals surface area contributed by atoms with E-state index in [-0.39, 0.29) is 42.5 Å². The fraction of sp³-hybridized carbons (Fsp3) is 0.263. The number of phenolic OH excluding ortho intramolecular Hbond substituents is 1. The zero-order valence-corrected chi connectivity index (χ0v) is 26.9. The van der Waals surface area contributed by atoms with Crippen molar-refractivity contribution in [1.82, 2.24) is 0 Å². The number of phenols is 1. The van der Waals surface area contributed by atoms with E-state index in [1.165, 1.54) is 24.1 Å². The third-order valence-electron chi connectivity index (χ3n) is 9.29. The highest BCUT2D eigenvalue weighted by Crippen LogP contribution is 2.38. The first-order valence-corrected chi connectivity index (χ1v) is 15.4. The SMILES string of the molecule is C.COC(=O)[C@@H]1Cc2ccccc2N1C(=O)c1cc(C)c(C)cc1[N+](=O)[O-].Cc1cc2c(cc1O)CC(=O)[C@@H]1Cc3ccccc3N1C2=O. The number of hydrogen-bond acceptors (Lipinski definition) is 8. The number of carbonyl (C=O) groups is 4. The van der Waals surface area contributed by atoms with Gasteiger partial charge in [-0.2, -0.15) is 0 Å². The Balaban J connectivity index is 0.000000189. The second-order valence-corrected chi connectivity index (χ2v) is 12.2. The van der Waals surface area contributed by atoms with Gasteiger partial charge in [-0.05, 0) is 84.5 Å². The van der Waals surface area contributed by atoms with Gasteiger partial charge in [-0.3, -0.25) is 34.3 Å². The zero-order valence-electron chi connectivity index (χ0n) is 26.9. The molecule has 49 heavy (non-hydrogen) atoms. The highest BCUT2D eigenvalue weighted by atomic mass is 16.6. The third-order valence-corrected chi connectivity index (χ3v) is 9.29. The molecule has 2 atom stereocenters. The fourth-order valence-electron chi connectivity index (χ4n) is 6.63. The molecule has 4 aromatic carbocycles. The maximum atomic E-state index is 13.2. The van der Waals surface area contributed by atoms with Gasteiger partial charge in [-0.1, -0.05) is 43.8 Å². The van der Waals surface area contributed by atoms with Crippen molar-refractivity contribution in [3.05, 3.63) is 127 Å². The Morgan fingerprint density at radius 3 is 2.12 bits per heavy atom. The van der Waals surface area contributed by atoms with Crippen LogP contribution in [0.3, 0.4) is 0 Å². The van der Waals surface area contributed by atoms with Gasteiger partial charge in [-0.15, -0.1) is 0 Å². The number of Topliss-reactive ketones (excluding diaryl/α,β-unsaturated/α-hetero) is 1. The van der Waals surface area contributed by atoms with Crippen molar-refractivity contribution in [1.29, 1.82) is 0 Å². The predicted molar refractivity (Wildman–Crippen MR) is 184 cm³/mol. The van der Waals surface area contributed by atoms with E-state index in [9.17, 15) is 34.4 Å². The molecular formula is C38H37N3O8. The normalized spacial score (nSPS) is 17.0. The standard InChI is InChI=1S/C19H18N2O5.C18H15NO3.CH4/c1-11-8-14(16(21(24)25)9-12(11)2)18(22)20-15-7-5-4-6-13(15)10-17(20)19(23)26-3;1-10-6-13-12(8-16(10)20)9-17(21)15-7-11-4-2-3-5-14(11)19(15)18(13)22;/h4-9,17H,10H2,1-3H3;2-6,8,15,20H,7,9H2,1H3;1H4/t17-;15-;/m00./s1. The first-order valence-electron chi connectivity index (χ1n) is 15.4. The van der Waals surface area contributed by atoms with Gasteiger partial charge in [0.25, 0.3) is 17.5 Å². The minimum absolute atomic E-state index is 0. The largest absolute Gasteiger partial charge is 0.508 e. The summed E-state index contributed by atoms with van der Waals surface area (Å²) in [5.74, 6) is -1.14. The van der Waals surface area contributed by atoms with Gasteiger partial charge in [0.05, 0.1) is 12.0 Å². The van der Waals surface area contributed by atoms with E-state index in [2.05, 4.69) is 0 Å². The van der Waals surface area contributed by atoms with Crippen LogP contribution in [0.5, 0.6) is 5.75 Å². The van der Waals surface area contributed by atoms with Gasteiger partial charge in [0, 0.05) is 42.3 Å². The zero-order chi connectivity index (χ0) is 34.4. The average molecular weight is 664 g/mol. The van der Waals surface area contributed by atoms with Crippen LogP contribution in [0.25, 0.3) is 0 Å². The molecular weight excluding hydrogens is 626 g/mol. The lowest BCUT2D eigenvalue weighted by atomic mass is 9.97. The smallest absolute Gasteiger partial charge is 0.329 e. The molecule has 0 radical (unpaired) electrons. The number of anilines is 2. The van der Waals surface area contributed by atoms with Crippen molar-refractivity contribution >= 4 is 40.6 Å². The molecule has 0 aliphatic carbocycles. The summed E-state index contributed by atoms with van der Waals surface area (Å²) in [5, 5.41) is 21.3. The van der Waals surface area contributed by atoms with E-state index < -0.39 is 28.9 Å². The number of ether oxygens (including phenoxy) is 1. The first kappa shape index (κ1) is 34.5. The summed E-state index contributed by atoms with van der Waals surface area (Å²) in [5.41, 5.74) is 6.20. The predicted octanol–water partition coefficient (Wildman–Crippen LogP) is 5.99. The number of hydrogen-bond donors (Lipinski definition) is 1. The minimum atomic E-state index is -0.842. The summed E-state index contributed by atoms with van der Waals surface area (Å²) >= 11 is 0. The number of carbonyl (C=O) groups excluding carboxylic acids is 4.